The summed E-state index contributed by atoms with van der Waals surface area (Å²) in [6.45, 7) is 3.70. The molecule has 24 heavy (non-hydrogen) atoms. The number of aromatic nitrogens is 1. The molecule has 1 aromatic carbocycles. The molecule has 4 nitrogen and oxygen atoms in total. The fraction of sp³-hybridized carbons (Fsp3) is 0.150. The van der Waals surface area contributed by atoms with Gasteiger partial charge >= 0.3 is 0 Å². The van der Waals surface area contributed by atoms with Crippen molar-refractivity contribution in [3.05, 3.63) is 66.9 Å². The molecule has 0 saturated carbocycles. The van der Waals surface area contributed by atoms with Crippen LogP contribution in [-0.4, -0.2) is 16.7 Å². The normalized spacial score (nSPS) is 19.5. The number of carbonyl (C=O) groups excluding carboxylic acids is 2. The zero-order valence-electron chi connectivity index (χ0n) is 13.1. The predicted molar refractivity (Wildman–Crippen MR) is 92.9 cm³/mol. The molecule has 0 aliphatic carbocycles. The highest BCUT2D eigenvalue weighted by molar-refractivity contribution is 6.26. The minimum Gasteiger partial charge on any atom is -0.293 e. The molecule has 2 aromatic rings. The van der Waals surface area contributed by atoms with Gasteiger partial charge in [0.15, 0.2) is 11.6 Å². The summed E-state index contributed by atoms with van der Waals surface area (Å²) >= 11 is 0. The summed E-state index contributed by atoms with van der Waals surface area (Å²) in [6.07, 6.45) is 8.82. The third kappa shape index (κ3) is 2.22. The number of allylic oxidation sites excluding steroid dienone is 1. The van der Waals surface area contributed by atoms with E-state index in [0.717, 1.165) is 0 Å². The number of nitrogens with zero attached hydrogens (tertiary/aromatic N) is 2. The Bertz CT molecular complexity index is 851. The Morgan fingerprint density at radius 3 is 2.62 bits per heavy atom. The van der Waals surface area contributed by atoms with Crippen LogP contribution >= 0.6 is 0 Å². The quantitative estimate of drug-likeness (QED) is 0.492. The van der Waals surface area contributed by atoms with Crippen molar-refractivity contribution in [1.82, 2.24) is 4.98 Å². The number of anilines is 2. The number of Topliss-reactive ketones (excluding diaryl/α,β-unsaturated/α-hetero) is 1. The summed E-state index contributed by atoms with van der Waals surface area (Å²) in [5.74, 6) is 2.18. The number of carbonyl (C=O) groups is 2. The largest absolute Gasteiger partial charge is 0.293 e. The first kappa shape index (κ1) is 15.7. The Labute approximate surface area is 140 Å². The van der Waals surface area contributed by atoms with Gasteiger partial charge in [-0.15, -0.1) is 18.9 Å². The molecule has 0 radical (unpaired) electrons. The Hall–Kier alpha value is -3.19. The molecule has 1 aliphatic heterocycles. The van der Waals surface area contributed by atoms with Crippen LogP contribution in [0.5, 0.6) is 0 Å². The number of hydrogen-bond acceptors (Lipinski definition) is 3. The maximum Gasteiger partial charge on any atom is 0.248 e. The highest BCUT2D eigenvalue weighted by Crippen LogP contribution is 2.44. The van der Waals surface area contributed by atoms with Gasteiger partial charge in [-0.3, -0.25) is 14.5 Å². The molecule has 1 atom stereocenters. The minimum absolute atomic E-state index is 0.0222. The van der Waals surface area contributed by atoms with Crippen molar-refractivity contribution in [2.75, 3.05) is 4.90 Å². The molecule has 0 saturated heterocycles. The van der Waals surface area contributed by atoms with E-state index in [1.54, 1.807) is 36.5 Å². The third-order valence-electron chi connectivity index (χ3n) is 4.20. The first-order valence-electron chi connectivity index (χ1n) is 7.59. The van der Waals surface area contributed by atoms with Crippen molar-refractivity contribution >= 4 is 23.2 Å². The number of hydrogen-bond donors (Lipinski definition) is 0. The molecular weight excluding hydrogens is 300 g/mol. The summed E-state index contributed by atoms with van der Waals surface area (Å²) < 4.78 is 0. The number of terminal acetylenes is 1. The average Bonchev–Trinajstić information content (AvgIpc) is 2.61. The number of fused-ring (bicyclic) bond motifs is 1. The van der Waals surface area contributed by atoms with Crippen LogP contribution in [0.25, 0.3) is 0 Å². The number of benzene rings is 1. The smallest absolute Gasteiger partial charge is 0.248 e. The number of para-hydroxylation sites is 1. The molecule has 0 N–H and O–H groups in total. The van der Waals surface area contributed by atoms with Crippen LogP contribution in [0.1, 0.15) is 23.2 Å². The fourth-order valence-corrected chi connectivity index (χ4v) is 3.06. The number of pyridine rings is 1. The number of rotatable bonds is 4. The molecule has 2 heterocycles. The topological polar surface area (TPSA) is 50.3 Å². The Kier molecular flexibility index (Phi) is 4.01. The van der Waals surface area contributed by atoms with E-state index in [0.29, 0.717) is 17.1 Å². The summed E-state index contributed by atoms with van der Waals surface area (Å²) in [7, 11) is 0. The predicted octanol–water partition coefficient (Wildman–Crippen LogP) is 3.53. The van der Waals surface area contributed by atoms with Gasteiger partial charge in [0.2, 0.25) is 5.91 Å². The molecule has 0 bridgehead atoms. The summed E-state index contributed by atoms with van der Waals surface area (Å²) in [5.41, 5.74) is -0.277. The Morgan fingerprint density at radius 1 is 1.21 bits per heavy atom. The molecular formula is C20H16N2O2. The second kappa shape index (κ2) is 6.13. The average molecular weight is 316 g/mol. The standard InChI is InChI=1S/C20H16N2O2/c1-3-12-20(13-4-2)17(23)16-11-8-14-21-18(16)22(19(20)24)15-9-6-5-7-10-15/h1,4-11,14H,2,12-13H2. The molecule has 3 rings (SSSR count). The number of amides is 1. The molecule has 0 fully saturated rings. The van der Waals surface area contributed by atoms with E-state index < -0.39 is 5.41 Å². The highest BCUT2D eigenvalue weighted by atomic mass is 16.2. The monoisotopic (exact) mass is 316 g/mol. The summed E-state index contributed by atoms with van der Waals surface area (Å²) in [6, 6.07) is 12.5. The van der Waals surface area contributed by atoms with Crippen molar-refractivity contribution in [3.8, 4) is 12.3 Å². The van der Waals surface area contributed by atoms with E-state index in [2.05, 4.69) is 17.5 Å². The van der Waals surface area contributed by atoms with E-state index in [4.69, 9.17) is 6.42 Å². The van der Waals surface area contributed by atoms with Crippen molar-refractivity contribution < 1.29 is 9.59 Å². The summed E-state index contributed by atoms with van der Waals surface area (Å²) in [4.78, 5) is 32.2. The number of ketones is 1. The first-order chi connectivity index (χ1) is 11.7. The molecule has 118 valence electrons. The minimum atomic E-state index is -1.33. The maximum absolute atomic E-state index is 13.3. The third-order valence-corrected chi connectivity index (χ3v) is 4.20. The highest BCUT2D eigenvalue weighted by Gasteiger charge is 2.52. The van der Waals surface area contributed by atoms with Gasteiger partial charge in [0.05, 0.1) is 11.3 Å². The van der Waals surface area contributed by atoms with Gasteiger partial charge in [0.1, 0.15) is 5.41 Å². The van der Waals surface area contributed by atoms with E-state index in [1.165, 1.54) is 4.90 Å². The second-order valence-corrected chi connectivity index (χ2v) is 5.64. The lowest BCUT2D eigenvalue weighted by Crippen LogP contribution is -2.51. The van der Waals surface area contributed by atoms with E-state index in [-0.39, 0.29) is 24.5 Å². The Morgan fingerprint density at radius 2 is 1.96 bits per heavy atom. The van der Waals surface area contributed by atoms with Crippen LogP contribution in [0.3, 0.4) is 0 Å². The molecule has 1 aliphatic rings. The molecule has 1 aromatic heterocycles. The SMILES string of the molecule is C#CCC1(CC=C)C(=O)c2cccnc2N(c2ccccc2)C1=O. The molecule has 4 heteroatoms. The van der Waals surface area contributed by atoms with Gasteiger partial charge in [0, 0.05) is 12.6 Å². The molecule has 1 amide bonds. The first-order valence-corrected chi connectivity index (χ1v) is 7.59. The van der Waals surface area contributed by atoms with Gasteiger partial charge in [0.25, 0.3) is 0 Å². The van der Waals surface area contributed by atoms with Crippen molar-refractivity contribution in [2.45, 2.75) is 12.8 Å². The van der Waals surface area contributed by atoms with Crippen molar-refractivity contribution in [3.63, 3.8) is 0 Å². The second-order valence-electron chi connectivity index (χ2n) is 5.64. The van der Waals surface area contributed by atoms with E-state index >= 15 is 0 Å². The lowest BCUT2D eigenvalue weighted by atomic mass is 9.71. The lowest BCUT2D eigenvalue weighted by molar-refractivity contribution is -0.125. The molecule has 0 spiro atoms. The van der Waals surface area contributed by atoms with Gasteiger partial charge < -0.3 is 0 Å². The van der Waals surface area contributed by atoms with Crippen LogP contribution in [0, 0.1) is 17.8 Å². The van der Waals surface area contributed by atoms with Gasteiger partial charge in [-0.1, -0.05) is 24.3 Å². The Balaban J connectivity index is 2.28. The van der Waals surface area contributed by atoms with Crippen LogP contribution < -0.4 is 4.90 Å². The van der Waals surface area contributed by atoms with E-state index in [9.17, 15) is 9.59 Å². The zero-order chi connectivity index (χ0) is 17.2. The maximum atomic E-state index is 13.3. The van der Waals surface area contributed by atoms with Gasteiger partial charge in [-0.05, 0) is 30.7 Å². The van der Waals surface area contributed by atoms with Crippen LogP contribution in [0.15, 0.2) is 61.3 Å². The van der Waals surface area contributed by atoms with Crippen molar-refractivity contribution in [1.29, 1.82) is 0 Å². The summed E-state index contributed by atoms with van der Waals surface area (Å²) in [5, 5.41) is 0. The fourth-order valence-electron chi connectivity index (χ4n) is 3.06. The molecule has 1 unspecified atom stereocenters. The van der Waals surface area contributed by atoms with Crippen LogP contribution in [0.4, 0.5) is 11.5 Å². The van der Waals surface area contributed by atoms with Gasteiger partial charge in [-0.2, -0.15) is 0 Å². The van der Waals surface area contributed by atoms with Gasteiger partial charge in [-0.25, -0.2) is 4.98 Å². The van der Waals surface area contributed by atoms with Crippen LogP contribution in [0.2, 0.25) is 0 Å². The van der Waals surface area contributed by atoms with Crippen molar-refractivity contribution in [2.24, 2.45) is 5.41 Å². The zero-order valence-corrected chi connectivity index (χ0v) is 13.1. The van der Waals surface area contributed by atoms with Crippen LogP contribution in [-0.2, 0) is 4.79 Å². The lowest BCUT2D eigenvalue weighted by Gasteiger charge is -2.39. The van der Waals surface area contributed by atoms with E-state index in [1.807, 2.05) is 18.2 Å².